The SMILES string of the molecule is CC(C)C(C)(C)CNC(=O)COC1CCNCC1. The molecule has 0 saturated carbocycles. The molecule has 0 aliphatic carbocycles. The Balaban J connectivity index is 2.17. The predicted molar refractivity (Wildman–Crippen MR) is 73.5 cm³/mol. The van der Waals surface area contributed by atoms with Crippen molar-refractivity contribution >= 4 is 5.91 Å². The molecular formula is C14H28N2O2. The molecule has 1 aliphatic rings. The van der Waals surface area contributed by atoms with Crippen LogP contribution in [0.3, 0.4) is 0 Å². The van der Waals surface area contributed by atoms with Crippen LogP contribution in [0.15, 0.2) is 0 Å². The van der Waals surface area contributed by atoms with Crippen molar-refractivity contribution in [2.24, 2.45) is 11.3 Å². The molecule has 1 saturated heterocycles. The Morgan fingerprint density at radius 2 is 2.00 bits per heavy atom. The highest BCUT2D eigenvalue weighted by atomic mass is 16.5. The van der Waals surface area contributed by atoms with Crippen molar-refractivity contribution in [2.45, 2.75) is 46.6 Å². The van der Waals surface area contributed by atoms with E-state index in [1.54, 1.807) is 0 Å². The quantitative estimate of drug-likeness (QED) is 0.758. The Morgan fingerprint density at radius 3 is 2.56 bits per heavy atom. The van der Waals surface area contributed by atoms with Gasteiger partial charge in [0.15, 0.2) is 0 Å². The summed E-state index contributed by atoms with van der Waals surface area (Å²) in [5.41, 5.74) is 0.129. The number of piperidine rings is 1. The second-order valence-electron chi connectivity index (χ2n) is 6.18. The van der Waals surface area contributed by atoms with E-state index >= 15 is 0 Å². The van der Waals surface area contributed by atoms with Gasteiger partial charge in [-0.1, -0.05) is 27.7 Å². The second-order valence-corrected chi connectivity index (χ2v) is 6.18. The average Bonchev–Trinajstić information content (AvgIpc) is 2.35. The van der Waals surface area contributed by atoms with Crippen LogP contribution in [0.25, 0.3) is 0 Å². The number of rotatable bonds is 6. The van der Waals surface area contributed by atoms with E-state index < -0.39 is 0 Å². The highest BCUT2D eigenvalue weighted by Gasteiger charge is 2.23. The molecule has 4 nitrogen and oxygen atoms in total. The van der Waals surface area contributed by atoms with Crippen LogP contribution in [0.4, 0.5) is 0 Å². The zero-order valence-corrected chi connectivity index (χ0v) is 12.2. The second kappa shape index (κ2) is 7.10. The lowest BCUT2D eigenvalue weighted by atomic mass is 9.81. The minimum atomic E-state index is 0.00209. The van der Waals surface area contributed by atoms with Crippen molar-refractivity contribution in [3.63, 3.8) is 0 Å². The summed E-state index contributed by atoms with van der Waals surface area (Å²) >= 11 is 0. The zero-order valence-electron chi connectivity index (χ0n) is 12.2. The van der Waals surface area contributed by atoms with Crippen molar-refractivity contribution in [2.75, 3.05) is 26.2 Å². The Labute approximate surface area is 111 Å². The fourth-order valence-electron chi connectivity index (χ4n) is 1.74. The van der Waals surface area contributed by atoms with Gasteiger partial charge in [0.2, 0.25) is 5.91 Å². The van der Waals surface area contributed by atoms with Crippen LogP contribution in [-0.4, -0.2) is 38.3 Å². The smallest absolute Gasteiger partial charge is 0.246 e. The molecule has 2 N–H and O–H groups in total. The van der Waals surface area contributed by atoms with Crippen LogP contribution >= 0.6 is 0 Å². The fourth-order valence-corrected chi connectivity index (χ4v) is 1.74. The number of carbonyl (C=O) groups excluding carboxylic acids is 1. The van der Waals surface area contributed by atoms with Gasteiger partial charge in [-0.05, 0) is 37.3 Å². The Morgan fingerprint density at radius 1 is 1.39 bits per heavy atom. The summed E-state index contributed by atoms with van der Waals surface area (Å²) in [6, 6.07) is 0. The van der Waals surface area contributed by atoms with Gasteiger partial charge >= 0.3 is 0 Å². The summed E-state index contributed by atoms with van der Waals surface area (Å²) in [5, 5.41) is 6.24. The summed E-state index contributed by atoms with van der Waals surface area (Å²) in [7, 11) is 0. The molecule has 0 bridgehead atoms. The molecule has 0 aromatic carbocycles. The number of ether oxygens (including phenoxy) is 1. The predicted octanol–water partition coefficient (Wildman–Crippen LogP) is 1.55. The van der Waals surface area contributed by atoms with Gasteiger partial charge in [0.25, 0.3) is 0 Å². The third-order valence-corrected chi connectivity index (χ3v) is 4.04. The van der Waals surface area contributed by atoms with E-state index in [0.29, 0.717) is 12.5 Å². The van der Waals surface area contributed by atoms with Gasteiger partial charge in [0, 0.05) is 6.54 Å². The largest absolute Gasteiger partial charge is 0.368 e. The summed E-state index contributed by atoms with van der Waals surface area (Å²) < 4.78 is 5.62. The number of carbonyl (C=O) groups is 1. The lowest BCUT2D eigenvalue weighted by molar-refractivity contribution is -0.128. The molecule has 0 spiro atoms. The summed E-state index contributed by atoms with van der Waals surface area (Å²) in [6.45, 7) is 11.6. The van der Waals surface area contributed by atoms with Crippen LogP contribution in [0, 0.1) is 11.3 Å². The summed E-state index contributed by atoms with van der Waals surface area (Å²) in [4.78, 5) is 11.7. The van der Waals surface area contributed by atoms with Gasteiger partial charge in [-0.2, -0.15) is 0 Å². The molecule has 0 atom stereocenters. The Bertz CT molecular complexity index is 259. The van der Waals surface area contributed by atoms with Gasteiger partial charge < -0.3 is 15.4 Å². The number of hydrogen-bond donors (Lipinski definition) is 2. The van der Waals surface area contributed by atoms with Gasteiger partial charge in [0.1, 0.15) is 6.61 Å². The standard InChI is InChI=1S/C14H28N2O2/c1-11(2)14(3,4)10-16-13(17)9-18-12-5-7-15-8-6-12/h11-12,15H,5-10H2,1-4H3,(H,16,17). The molecular weight excluding hydrogens is 228 g/mol. The summed E-state index contributed by atoms with van der Waals surface area (Å²) in [6.07, 6.45) is 2.25. The van der Waals surface area contributed by atoms with Crippen molar-refractivity contribution in [3.8, 4) is 0 Å². The molecule has 4 heteroatoms. The molecule has 1 rings (SSSR count). The fraction of sp³-hybridized carbons (Fsp3) is 0.929. The van der Waals surface area contributed by atoms with Crippen molar-refractivity contribution in [3.05, 3.63) is 0 Å². The highest BCUT2D eigenvalue weighted by Crippen LogP contribution is 2.24. The van der Waals surface area contributed by atoms with Gasteiger partial charge in [0.05, 0.1) is 6.10 Å². The molecule has 0 unspecified atom stereocenters. The molecule has 0 aromatic rings. The first-order chi connectivity index (χ1) is 8.42. The zero-order chi connectivity index (χ0) is 13.6. The first-order valence-electron chi connectivity index (χ1n) is 7.01. The van der Waals surface area contributed by atoms with E-state index in [0.717, 1.165) is 25.9 Å². The number of amides is 1. The maximum absolute atomic E-state index is 11.7. The first-order valence-corrected chi connectivity index (χ1v) is 7.01. The first kappa shape index (κ1) is 15.4. The van der Waals surface area contributed by atoms with Crippen LogP contribution in [0.5, 0.6) is 0 Å². The maximum atomic E-state index is 11.7. The Kier molecular flexibility index (Phi) is 6.09. The lowest BCUT2D eigenvalue weighted by Gasteiger charge is -2.29. The van der Waals surface area contributed by atoms with Crippen LogP contribution < -0.4 is 10.6 Å². The van der Waals surface area contributed by atoms with Crippen molar-refractivity contribution in [1.82, 2.24) is 10.6 Å². The topological polar surface area (TPSA) is 50.4 Å². The molecule has 18 heavy (non-hydrogen) atoms. The minimum Gasteiger partial charge on any atom is -0.368 e. The summed E-state index contributed by atoms with van der Waals surface area (Å²) in [5.74, 6) is 0.547. The number of hydrogen-bond acceptors (Lipinski definition) is 3. The van der Waals surface area contributed by atoms with E-state index in [1.165, 1.54) is 0 Å². The Hall–Kier alpha value is -0.610. The van der Waals surface area contributed by atoms with Gasteiger partial charge in [-0.3, -0.25) is 4.79 Å². The molecule has 1 aliphatic heterocycles. The van der Waals surface area contributed by atoms with Crippen LogP contribution in [0.1, 0.15) is 40.5 Å². The molecule has 106 valence electrons. The lowest BCUT2D eigenvalue weighted by Crippen LogP contribution is -2.40. The average molecular weight is 256 g/mol. The molecule has 1 amide bonds. The van der Waals surface area contributed by atoms with Crippen molar-refractivity contribution < 1.29 is 9.53 Å². The monoisotopic (exact) mass is 256 g/mol. The van der Waals surface area contributed by atoms with E-state index in [4.69, 9.17) is 4.74 Å². The number of nitrogens with one attached hydrogen (secondary N) is 2. The van der Waals surface area contributed by atoms with E-state index in [2.05, 4.69) is 38.3 Å². The van der Waals surface area contributed by atoms with Gasteiger partial charge in [-0.25, -0.2) is 0 Å². The third-order valence-electron chi connectivity index (χ3n) is 4.04. The minimum absolute atomic E-state index is 0.00209. The third kappa shape index (κ3) is 5.36. The highest BCUT2D eigenvalue weighted by molar-refractivity contribution is 5.77. The molecule has 0 aromatic heterocycles. The van der Waals surface area contributed by atoms with Crippen LogP contribution in [-0.2, 0) is 9.53 Å². The van der Waals surface area contributed by atoms with Crippen molar-refractivity contribution in [1.29, 1.82) is 0 Å². The van der Waals surface area contributed by atoms with E-state index in [1.807, 2.05) is 0 Å². The van der Waals surface area contributed by atoms with Crippen LogP contribution in [0.2, 0.25) is 0 Å². The molecule has 1 heterocycles. The van der Waals surface area contributed by atoms with E-state index in [-0.39, 0.29) is 24.0 Å². The van der Waals surface area contributed by atoms with Gasteiger partial charge in [-0.15, -0.1) is 0 Å². The van der Waals surface area contributed by atoms with E-state index in [9.17, 15) is 4.79 Å². The normalized spacial score (nSPS) is 18.1. The molecule has 0 radical (unpaired) electrons. The molecule has 1 fully saturated rings. The maximum Gasteiger partial charge on any atom is 0.246 e.